The van der Waals surface area contributed by atoms with Gasteiger partial charge in [0.05, 0.1) is 31.6 Å². The van der Waals surface area contributed by atoms with Gasteiger partial charge < -0.3 is 15.1 Å². The largest absolute Gasteiger partial charge is 0.463 e. The van der Waals surface area contributed by atoms with Crippen molar-refractivity contribution in [1.29, 1.82) is 0 Å². The highest BCUT2D eigenvalue weighted by Gasteiger charge is 2.52. The zero-order valence-electron chi connectivity index (χ0n) is 18.8. The van der Waals surface area contributed by atoms with Crippen LogP contribution in [0.1, 0.15) is 24.3 Å². The molecule has 190 valence electrons. The lowest BCUT2D eigenvalue weighted by molar-refractivity contribution is -0.145. The monoisotopic (exact) mass is 518 g/mol. The number of furan rings is 1. The molecule has 2 aliphatic heterocycles. The maximum Gasteiger partial charge on any atom is 0.362 e. The van der Waals surface area contributed by atoms with Crippen LogP contribution in [-0.2, 0) is 19.9 Å². The van der Waals surface area contributed by atoms with Gasteiger partial charge in [-0.3, -0.25) is 14.1 Å². The van der Waals surface area contributed by atoms with Gasteiger partial charge in [0.15, 0.2) is 0 Å². The molecule has 2 saturated heterocycles. The van der Waals surface area contributed by atoms with Crippen LogP contribution >= 0.6 is 0 Å². The molecule has 2 aromatic rings. The number of nitrogens with one attached hydrogen (secondary N) is 2. The molecule has 4 rings (SSSR count). The SMILES string of the molecule is C[C@@H]1[C@H](NC(=O)C(NC(=O)N2CCN(N=Cc3ccco3)C2=O)c2ccccc2)C(=O)N1S(=O)(=O)O. The molecule has 2 aliphatic rings. The average Bonchev–Trinajstić information content (AvgIpc) is 3.48. The van der Waals surface area contributed by atoms with Gasteiger partial charge in [0.2, 0.25) is 5.91 Å². The first-order chi connectivity index (χ1) is 17.1. The lowest BCUT2D eigenvalue weighted by Gasteiger charge is -2.42. The Morgan fingerprint density at radius 2 is 1.89 bits per heavy atom. The third-order valence-electron chi connectivity index (χ3n) is 5.64. The number of rotatable bonds is 7. The molecule has 14 nitrogen and oxygen atoms in total. The van der Waals surface area contributed by atoms with Crippen molar-refractivity contribution in [3.8, 4) is 0 Å². The summed E-state index contributed by atoms with van der Waals surface area (Å²) in [6.07, 6.45) is 2.77. The topological polar surface area (TPSA) is 182 Å². The molecule has 3 atom stereocenters. The van der Waals surface area contributed by atoms with Gasteiger partial charge in [-0.25, -0.2) is 23.8 Å². The molecule has 0 saturated carbocycles. The minimum atomic E-state index is -4.77. The summed E-state index contributed by atoms with van der Waals surface area (Å²) < 4.78 is 37.1. The van der Waals surface area contributed by atoms with Crippen molar-refractivity contribution in [3.05, 3.63) is 60.1 Å². The summed E-state index contributed by atoms with van der Waals surface area (Å²) in [5.41, 5.74) is 0.355. The van der Waals surface area contributed by atoms with Gasteiger partial charge in [-0.1, -0.05) is 30.3 Å². The van der Waals surface area contributed by atoms with Gasteiger partial charge in [0.25, 0.3) is 5.91 Å². The van der Waals surface area contributed by atoms with Crippen LogP contribution in [0.15, 0.2) is 58.2 Å². The van der Waals surface area contributed by atoms with Crippen LogP contribution in [0.25, 0.3) is 0 Å². The summed E-state index contributed by atoms with van der Waals surface area (Å²) in [7, 11) is -4.77. The van der Waals surface area contributed by atoms with Crippen LogP contribution in [-0.4, -0.2) is 82.4 Å². The number of imide groups is 1. The third kappa shape index (κ3) is 4.92. The van der Waals surface area contributed by atoms with Crippen molar-refractivity contribution in [2.24, 2.45) is 5.10 Å². The number of carbonyl (C=O) groups excluding carboxylic acids is 4. The summed E-state index contributed by atoms with van der Waals surface area (Å²) in [5, 5.41) is 9.96. The molecule has 3 N–H and O–H groups in total. The maximum absolute atomic E-state index is 13.1. The Kier molecular flexibility index (Phi) is 6.76. The molecule has 0 aliphatic carbocycles. The predicted octanol–water partition coefficient (Wildman–Crippen LogP) is 0.320. The van der Waals surface area contributed by atoms with Crippen molar-refractivity contribution >= 4 is 40.4 Å². The van der Waals surface area contributed by atoms with E-state index in [-0.39, 0.29) is 17.4 Å². The van der Waals surface area contributed by atoms with Crippen molar-refractivity contribution < 1.29 is 36.6 Å². The molecule has 0 radical (unpaired) electrons. The van der Waals surface area contributed by atoms with Gasteiger partial charge in [-0.2, -0.15) is 13.5 Å². The van der Waals surface area contributed by atoms with Crippen LogP contribution < -0.4 is 10.6 Å². The summed E-state index contributed by atoms with van der Waals surface area (Å²) in [6, 6.07) is 6.21. The van der Waals surface area contributed by atoms with E-state index in [1.807, 2.05) is 0 Å². The van der Waals surface area contributed by atoms with E-state index in [0.29, 0.717) is 11.3 Å². The lowest BCUT2D eigenvalue weighted by atomic mass is 9.99. The number of carbonyl (C=O) groups is 4. The molecule has 36 heavy (non-hydrogen) atoms. The van der Waals surface area contributed by atoms with Gasteiger partial charge in [-0.15, -0.1) is 0 Å². The molecule has 15 heteroatoms. The van der Waals surface area contributed by atoms with Gasteiger partial charge in [0, 0.05) is 0 Å². The molecule has 0 spiro atoms. The number of amides is 6. The third-order valence-corrected chi connectivity index (χ3v) is 6.65. The molecule has 1 unspecified atom stereocenters. The zero-order valence-corrected chi connectivity index (χ0v) is 19.7. The molecule has 1 aromatic heterocycles. The standard InChI is InChI=1S/C21H22N6O8S/c1-13-16(19(29)27(13)36(32,33)34)23-18(28)17(14-6-3-2-4-7-14)24-20(30)25-9-10-26(21(25)31)22-12-15-8-5-11-35-15/h2-8,11-13,16-17H,9-10H2,1H3,(H,23,28)(H,24,30)(H,32,33,34)/t13-,16+,17?/m1/s1. The minimum Gasteiger partial charge on any atom is -0.463 e. The van der Waals surface area contributed by atoms with Crippen LogP contribution in [0.3, 0.4) is 0 Å². The highest BCUT2D eigenvalue weighted by atomic mass is 32.2. The number of nitrogens with zero attached hydrogens (tertiary/aromatic N) is 4. The Balaban J connectivity index is 1.46. The Labute approximate surface area is 205 Å². The fourth-order valence-electron chi connectivity index (χ4n) is 3.80. The van der Waals surface area contributed by atoms with Gasteiger partial charge in [-0.05, 0) is 24.6 Å². The Morgan fingerprint density at radius 1 is 1.17 bits per heavy atom. The minimum absolute atomic E-state index is 0.00472. The molecule has 6 amide bonds. The lowest BCUT2D eigenvalue weighted by Crippen LogP contribution is -2.71. The van der Waals surface area contributed by atoms with E-state index in [4.69, 9.17) is 8.97 Å². The van der Waals surface area contributed by atoms with Crippen molar-refractivity contribution in [2.75, 3.05) is 13.1 Å². The van der Waals surface area contributed by atoms with Crippen LogP contribution in [0, 0.1) is 0 Å². The molecule has 1 aromatic carbocycles. The normalized spacial score (nSPS) is 21.0. The zero-order chi connectivity index (χ0) is 26.0. The predicted molar refractivity (Wildman–Crippen MR) is 123 cm³/mol. The highest BCUT2D eigenvalue weighted by molar-refractivity contribution is 7.84. The van der Waals surface area contributed by atoms with E-state index in [1.165, 1.54) is 19.4 Å². The smallest absolute Gasteiger partial charge is 0.362 e. The van der Waals surface area contributed by atoms with Crippen LogP contribution in [0.4, 0.5) is 9.59 Å². The molecule has 2 fully saturated rings. The first-order valence-electron chi connectivity index (χ1n) is 10.7. The van der Waals surface area contributed by atoms with Crippen LogP contribution in [0.5, 0.6) is 0 Å². The average molecular weight is 519 g/mol. The van der Waals surface area contributed by atoms with E-state index in [2.05, 4.69) is 15.7 Å². The summed E-state index contributed by atoms with van der Waals surface area (Å²) in [6.45, 7) is 1.45. The second-order valence-corrected chi connectivity index (χ2v) is 9.24. The second kappa shape index (κ2) is 9.79. The molecular weight excluding hydrogens is 496 g/mol. The first kappa shape index (κ1) is 24.9. The fourth-order valence-corrected chi connectivity index (χ4v) is 4.68. The summed E-state index contributed by atoms with van der Waals surface area (Å²) in [5.74, 6) is -1.41. The molecule has 3 heterocycles. The number of β-lactam (4-membered cyclic amide) rings is 1. The Hall–Kier alpha value is -4.24. The van der Waals surface area contributed by atoms with Crippen molar-refractivity contribution in [2.45, 2.75) is 25.0 Å². The number of benzene rings is 1. The van der Waals surface area contributed by atoms with E-state index >= 15 is 0 Å². The molecular formula is C21H22N6O8S. The van der Waals surface area contributed by atoms with E-state index < -0.39 is 52.3 Å². The maximum atomic E-state index is 13.1. The summed E-state index contributed by atoms with van der Waals surface area (Å²) in [4.78, 5) is 51.7. The number of hydrazone groups is 1. The van der Waals surface area contributed by atoms with Crippen molar-refractivity contribution in [3.63, 3.8) is 0 Å². The summed E-state index contributed by atoms with van der Waals surface area (Å²) >= 11 is 0. The fraction of sp³-hybridized carbons (Fsp3) is 0.286. The first-order valence-corrected chi connectivity index (χ1v) is 12.1. The van der Waals surface area contributed by atoms with E-state index in [0.717, 1.165) is 9.91 Å². The Morgan fingerprint density at radius 3 is 2.50 bits per heavy atom. The number of urea groups is 2. The Bertz CT molecular complexity index is 1300. The van der Waals surface area contributed by atoms with Gasteiger partial charge in [0.1, 0.15) is 17.8 Å². The second-order valence-electron chi connectivity index (χ2n) is 7.95. The number of hydrogen-bond acceptors (Lipinski definition) is 8. The van der Waals surface area contributed by atoms with Crippen molar-refractivity contribution in [1.82, 2.24) is 24.8 Å². The van der Waals surface area contributed by atoms with E-state index in [1.54, 1.807) is 42.5 Å². The quantitative estimate of drug-likeness (QED) is 0.266. The van der Waals surface area contributed by atoms with E-state index in [9.17, 15) is 27.6 Å². The van der Waals surface area contributed by atoms with Gasteiger partial charge >= 0.3 is 22.4 Å². The number of hydrogen-bond donors (Lipinski definition) is 3. The molecule has 0 bridgehead atoms. The van der Waals surface area contributed by atoms with Crippen LogP contribution in [0.2, 0.25) is 0 Å². The highest BCUT2D eigenvalue weighted by Crippen LogP contribution is 2.24.